The van der Waals surface area contributed by atoms with E-state index in [0.717, 1.165) is 23.5 Å². The Bertz CT molecular complexity index is 929. The normalized spacial score (nSPS) is 11.0. The van der Waals surface area contributed by atoms with Crippen molar-refractivity contribution in [2.45, 2.75) is 46.8 Å². The molecule has 0 spiro atoms. The van der Waals surface area contributed by atoms with Gasteiger partial charge in [0.2, 0.25) is 0 Å². The molecule has 0 aliphatic heterocycles. The fraction of sp³-hybridized carbons (Fsp3) is 0.348. The van der Waals surface area contributed by atoms with Crippen LogP contribution in [0.15, 0.2) is 54.7 Å². The standard InChI is InChI=1S/C23H29N3O2/c1-5-25-15-18(21-9-7-8-10-22(21)25)16-26(17(3)4)23(27)24-19-11-13-20(14-12-19)28-6-2/h7-15,17H,5-6,16H2,1-4H3,(H,24,27). The zero-order valence-corrected chi connectivity index (χ0v) is 17.1. The quantitative estimate of drug-likeness (QED) is 0.589. The highest BCUT2D eigenvalue weighted by atomic mass is 16.5. The molecular weight excluding hydrogens is 350 g/mol. The smallest absolute Gasteiger partial charge is 0.322 e. The van der Waals surface area contributed by atoms with Gasteiger partial charge in [-0.25, -0.2) is 4.79 Å². The van der Waals surface area contributed by atoms with Crippen molar-refractivity contribution in [3.63, 3.8) is 0 Å². The lowest BCUT2D eigenvalue weighted by Gasteiger charge is -2.27. The first-order chi connectivity index (χ1) is 13.5. The number of ether oxygens (including phenoxy) is 1. The molecule has 148 valence electrons. The predicted octanol–water partition coefficient (Wildman–Crippen LogP) is 5.50. The van der Waals surface area contributed by atoms with E-state index in [9.17, 15) is 4.79 Å². The van der Waals surface area contributed by atoms with Gasteiger partial charge >= 0.3 is 6.03 Å². The largest absolute Gasteiger partial charge is 0.494 e. The summed E-state index contributed by atoms with van der Waals surface area (Å²) >= 11 is 0. The maximum atomic E-state index is 13.0. The van der Waals surface area contributed by atoms with Crippen LogP contribution in [0.25, 0.3) is 10.9 Å². The highest BCUT2D eigenvalue weighted by Crippen LogP contribution is 2.24. The number of amides is 2. The molecular formula is C23H29N3O2. The molecule has 0 unspecified atom stereocenters. The van der Waals surface area contributed by atoms with Crippen LogP contribution in [0.4, 0.5) is 10.5 Å². The van der Waals surface area contributed by atoms with Crippen LogP contribution in [0.1, 0.15) is 33.3 Å². The zero-order valence-electron chi connectivity index (χ0n) is 17.1. The van der Waals surface area contributed by atoms with Crippen LogP contribution in [0.2, 0.25) is 0 Å². The second-order valence-electron chi connectivity index (χ2n) is 7.07. The van der Waals surface area contributed by atoms with Crippen LogP contribution < -0.4 is 10.1 Å². The molecule has 2 amide bonds. The van der Waals surface area contributed by atoms with Crippen LogP contribution in [0.3, 0.4) is 0 Å². The van der Waals surface area contributed by atoms with Gasteiger partial charge in [-0.2, -0.15) is 0 Å². The van der Waals surface area contributed by atoms with E-state index in [4.69, 9.17) is 4.74 Å². The minimum absolute atomic E-state index is 0.0754. The Labute approximate surface area is 166 Å². The van der Waals surface area contributed by atoms with Crippen molar-refractivity contribution in [1.29, 1.82) is 0 Å². The Morgan fingerprint density at radius 2 is 1.82 bits per heavy atom. The van der Waals surface area contributed by atoms with Crippen molar-refractivity contribution in [2.75, 3.05) is 11.9 Å². The van der Waals surface area contributed by atoms with Crippen LogP contribution in [0.5, 0.6) is 5.75 Å². The number of nitrogens with one attached hydrogen (secondary N) is 1. The highest BCUT2D eigenvalue weighted by molar-refractivity contribution is 5.90. The minimum Gasteiger partial charge on any atom is -0.494 e. The van der Waals surface area contributed by atoms with Gasteiger partial charge in [0.25, 0.3) is 0 Å². The Balaban J connectivity index is 1.79. The van der Waals surface area contributed by atoms with E-state index in [2.05, 4.69) is 41.2 Å². The Kier molecular flexibility index (Phi) is 6.24. The number of rotatable bonds is 7. The summed E-state index contributed by atoms with van der Waals surface area (Å²) in [4.78, 5) is 14.8. The molecule has 5 heteroatoms. The second kappa shape index (κ2) is 8.83. The summed E-state index contributed by atoms with van der Waals surface area (Å²) in [6.45, 7) is 10.3. The summed E-state index contributed by atoms with van der Waals surface area (Å²) in [5.74, 6) is 0.800. The number of fused-ring (bicyclic) bond motifs is 1. The van der Waals surface area contributed by atoms with Gasteiger partial charge in [-0.3, -0.25) is 0 Å². The molecule has 3 aromatic rings. The Morgan fingerprint density at radius 1 is 1.11 bits per heavy atom. The van der Waals surface area contributed by atoms with Gasteiger partial charge < -0.3 is 19.5 Å². The van der Waals surface area contributed by atoms with E-state index in [-0.39, 0.29) is 12.1 Å². The lowest BCUT2D eigenvalue weighted by atomic mass is 10.1. The summed E-state index contributed by atoms with van der Waals surface area (Å²) in [7, 11) is 0. The maximum absolute atomic E-state index is 13.0. The Morgan fingerprint density at radius 3 is 2.46 bits per heavy atom. The van der Waals surface area contributed by atoms with Crippen molar-refractivity contribution in [3.8, 4) is 5.75 Å². The molecule has 0 atom stereocenters. The molecule has 1 aromatic heterocycles. The molecule has 0 bridgehead atoms. The predicted molar refractivity (Wildman–Crippen MR) is 115 cm³/mol. The van der Waals surface area contributed by atoms with Crippen molar-refractivity contribution in [2.24, 2.45) is 0 Å². The molecule has 0 saturated carbocycles. The fourth-order valence-corrected chi connectivity index (χ4v) is 3.38. The Hall–Kier alpha value is -2.95. The number of anilines is 1. The molecule has 0 aliphatic rings. The van der Waals surface area contributed by atoms with E-state index < -0.39 is 0 Å². The number of aromatic nitrogens is 1. The molecule has 0 fully saturated rings. The van der Waals surface area contributed by atoms with E-state index >= 15 is 0 Å². The fourth-order valence-electron chi connectivity index (χ4n) is 3.38. The lowest BCUT2D eigenvalue weighted by Crippen LogP contribution is -2.39. The molecule has 3 rings (SSSR count). The number of para-hydroxylation sites is 1. The molecule has 1 N–H and O–H groups in total. The number of hydrogen-bond donors (Lipinski definition) is 1. The summed E-state index contributed by atoms with van der Waals surface area (Å²) in [6, 6.07) is 15.8. The number of aryl methyl sites for hydroxylation is 1. The number of hydrogen-bond acceptors (Lipinski definition) is 2. The summed E-state index contributed by atoms with van der Waals surface area (Å²) in [5, 5.41) is 4.20. The first-order valence-electron chi connectivity index (χ1n) is 9.90. The van der Waals surface area contributed by atoms with Gasteiger partial charge in [-0.05, 0) is 63.6 Å². The molecule has 1 heterocycles. The van der Waals surface area contributed by atoms with Gasteiger partial charge in [-0.1, -0.05) is 18.2 Å². The average Bonchev–Trinajstić information content (AvgIpc) is 3.05. The van der Waals surface area contributed by atoms with Crippen LogP contribution in [-0.2, 0) is 13.1 Å². The molecule has 0 radical (unpaired) electrons. The number of nitrogens with zero attached hydrogens (tertiary/aromatic N) is 2. The van der Waals surface area contributed by atoms with E-state index in [0.29, 0.717) is 13.2 Å². The monoisotopic (exact) mass is 379 g/mol. The third-order valence-electron chi connectivity index (χ3n) is 4.85. The average molecular weight is 380 g/mol. The first-order valence-corrected chi connectivity index (χ1v) is 9.90. The first kappa shape index (κ1) is 19.8. The van der Waals surface area contributed by atoms with Crippen molar-refractivity contribution < 1.29 is 9.53 Å². The summed E-state index contributed by atoms with van der Waals surface area (Å²) in [5.41, 5.74) is 3.12. The highest BCUT2D eigenvalue weighted by Gasteiger charge is 2.20. The summed E-state index contributed by atoms with van der Waals surface area (Å²) in [6.07, 6.45) is 2.16. The number of carbonyl (C=O) groups excluding carboxylic acids is 1. The van der Waals surface area contributed by atoms with Gasteiger partial charge in [-0.15, -0.1) is 0 Å². The van der Waals surface area contributed by atoms with Crippen molar-refractivity contribution >= 4 is 22.6 Å². The minimum atomic E-state index is -0.104. The van der Waals surface area contributed by atoms with Gasteiger partial charge in [0, 0.05) is 41.9 Å². The van der Waals surface area contributed by atoms with Crippen LogP contribution in [-0.4, -0.2) is 28.1 Å². The van der Waals surface area contributed by atoms with Crippen molar-refractivity contribution in [3.05, 3.63) is 60.3 Å². The molecule has 2 aromatic carbocycles. The van der Waals surface area contributed by atoms with E-state index in [1.807, 2.05) is 56.0 Å². The second-order valence-corrected chi connectivity index (χ2v) is 7.07. The maximum Gasteiger partial charge on any atom is 0.322 e. The lowest BCUT2D eigenvalue weighted by molar-refractivity contribution is 0.194. The van der Waals surface area contributed by atoms with E-state index in [1.54, 1.807) is 0 Å². The third kappa shape index (κ3) is 4.30. The zero-order chi connectivity index (χ0) is 20.1. The molecule has 28 heavy (non-hydrogen) atoms. The van der Waals surface area contributed by atoms with Gasteiger partial charge in [0.1, 0.15) is 5.75 Å². The molecule has 5 nitrogen and oxygen atoms in total. The summed E-state index contributed by atoms with van der Waals surface area (Å²) < 4.78 is 7.69. The van der Waals surface area contributed by atoms with E-state index in [1.165, 1.54) is 10.9 Å². The third-order valence-corrected chi connectivity index (χ3v) is 4.85. The van der Waals surface area contributed by atoms with Crippen LogP contribution in [0, 0.1) is 0 Å². The number of benzene rings is 2. The SMILES string of the molecule is CCOc1ccc(NC(=O)N(Cc2cn(CC)c3ccccc23)C(C)C)cc1. The van der Waals surface area contributed by atoms with Gasteiger partial charge in [0.05, 0.1) is 6.61 Å². The number of urea groups is 1. The molecule has 0 aliphatic carbocycles. The molecule has 0 saturated heterocycles. The van der Waals surface area contributed by atoms with Gasteiger partial charge in [0.15, 0.2) is 0 Å². The topological polar surface area (TPSA) is 46.5 Å². The van der Waals surface area contributed by atoms with Crippen molar-refractivity contribution in [1.82, 2.24) is 9.47 Å². The number of carbonyl (C=O) groups is 1. The van der Waals surface area contributed by atoms with Crippen LogP contribution >= 0.6 is 0 Å².